The minimum absolute atomic E-state index is 0.0107. The Bertz CT molecular complexity index is 1540. The highest BCUT2D eigenvalue weighted by molar-refractivity contribution is 5.76. The molecule has 3 aliphatic rings. The summed E-state index contributed by atoms with van der Waals surface area (Å²) in [5.74, 6) is -1.33. The van der Waals surface area contributed by atoms with Crippen molar-refractivity contribution in [1.82, 2.24) is 24.5 Å². The normalized spacial score (nSPS) is 26.8. The average Bonchev–Trinajstić information content (AvgIpc) is 3.51. The fourth-order valence-electron chi connectivity index (χ4n) is 6.92. The van der Waals surface area contributed by atoms with Gasteiger partial charge < -0.3 is 34.2 Å². The molecule has 1 N–H and O–H groups in total. The average molecular weight is 709 g/mol. The van der Waals surface area contributed by atoms with E-state index in [0.717, 1.165) is 19.5 Å². The van der Waals surface area contributed by atoms with Crippen LogP contribution < -0.4 is 4.90 Å². The molecule has 51 heavy (non-hydrogen) atoms. The first kappa shape index (κ1) is 38.0. The Balaban J connectivity index is 1.30. The number of carbonyl (C=O) groups excluding carboxylic acids is 3. The summed E-state index contributed by atoms with van der Waals surface area (Å²) in [6.45, 7) is 11.0. The van der Waals surface area contributed by atoms with Gasteiger partial charge in [0.1, 0.15) is 24.6 Å². The number of aromatic nitrogens is 2. The third kappa shape index (κ3) is 10.9. The van der Waals surface area contributed by atoms with E-state index in [2.05, 4.69) is 14.9 Å². The summed E-state index contributed by atoms with van der Waals surface area (Å²) in [5.41, 5.74) is 2.02. The summed E-state index contributed by atoms with van der Waals surface area (Å²) >= 11 is 0. The fourth-order valence-corrected chi connectivity index (χ4v) is 6.92. The maximum atomic E-state index is 15.0. The van der Waals surface area contributed by atoms with Crippen molar-refractivity contribution < 1.29 is 33.4 Å². The maximum absolute atomic E-state index is 15.0. The smallest absolute Gasteiger partial charge is 0.410 e. The number of carbonyl (C=O) groups is 3. The van der Waals surface area contributed by atoms with E-state index >= 15 is 4.39 Å². The Labute approximate surface area is 300 Å². The molecule has 2 amide bonds. The Morgan fingerprint density at radius 2 is 1.78 bits per heavy atom. The molecule has 0 unspecified atom stereocenters. The highest BCUT2D eigenvalue weighted by Crippen LogP contribution is 2.28. The summed E-state index contributed by atoms with van der Waals surface area (Å²) in [6.07, 6.45) is 8.18. The molecule has 0 radical (unpaired) electrons. The zero-order chi connectivity index (χ0) is 36.5. The largest absolute Gasteiger partial charge is 0.457 e. The number of esters is 1. The number of ether oxygens (including phenoxy) is 2. The highest BCUT2D eigenvalue weighted by Gasteiger charge is 2.29. The van der Waals surface area contributed by atoms with Crippen molar-refractivity contribution in [1.29, 1.82) is 0 Å². The molecule has 5 rings (SSSR count). The van der Waals surface area contributed by atoms with E-state index in [-0.39, 0.29) is 36.8 Å². The first-order valence-corrected chi connectivity index (χ1v) is 18.1. The van der Waals surface area contributed by atoms with Gasteiger partial charge in [0.2, 0.25) is 5.91 Å². The number of rotatable bonds is 6. The van der Waals surface area contributed by atoms with Crippen LogP contribution in [0.15, 0.2) is 54.4 Å². The van der Waals surface area contributed by atoms with Crippen LogP contribution in [0.3, 0.4) is 0 Å². The van der Waals surface area contributed by atoms with Gasteiger partial charge in [0, 0.05) is 69.8 Å². The number of hydrogen-bond donors (Lipinski definition) is 1. The van der Waals surface area contributed by atoms with Crippen molar-refractivity contribution in [2.24, 2.45) is 11.8 Å². The van der Waals surface area contributed by atoms with Gasteiger partial charge in [-0.25, -0.2) is 9.18 Å². The molecule has 13 heteroatoms. The van der Waals surface area contributed by atoms with E-state index in [4.69, 9.17) is 9.47 Å². The zero-order valence-corrected chi connectivity index (χ0v) is 30.3. The molecular weight excluding hydrogens is 655 g/mol. The molecule has 1 aromatic carbocycles. The molecule has 2 aromatic rings. The van der Waals surface area contributed by atoms with E-state index in [9.17, 15) is 19.5 Å². The summed E-state index contributed by atoms with van der Waals surface area (Å²) in [7, 11) is 2.05. The van der Waals surface area contributed by atoms with Gasteiger partial charge in [-0.05, 0) is 87.2 Å². The Morgan fingerprint density at radius 3 is 2.53 bits per heavy atom. The molecule has 0 aliphatic carbocycles. The monoisotopic (exact) mass is 708 g/mol. The number of aliphatic hydroxyl groups excluding tert-OH is 1. The number of nitrogens with zero attached hydrogens (tertiary/aromatic N) is 6. The minimum Gasteiger partial charge on any atom is -0.457 e. The topological polar surface area (TPSA) is 121 Å². The molecule has 0 bridgehead atoms. The van der Waals surface area contributed by atoms with E-state index < -0.39 is 30.1 Å². The first-order valence-electron chi connectivity index (χ1n) is 18.1. The molecule has 1 aromatic heterocycles. The predicted octanol–water partition coefficient (Wildman–Crippen LogP) is 4.20. The van der Waals surface area contributed by atoms with Gasteiger partial charge in [0.15, 0.2) is 0 Å². The SMILES string of the molecule is C/C(=C\c1cc(F)cc(N2CCN(C(=O)Cn3cccn3)CC2)c1)[C@H]1OC(=O)C[C@H](O)CC[C@H](C)[C@@H](OC(=O)N2CCCN(C)CC2)/C=C/[C@@H]1C. The lowest BCUT2D eigenvalue weighted by molar-refractivity contribution is -0.151. The number of benzene rings is 1. The molecule has 278 valence electrons. The van der Waals surface area contributed by atoms with Crippen molar-refractivity contribution in [2.75, 3.05) is 64.3 Å². The molecular formula is C38H53FN6O6. The second-order valence-electron chi connectivity index (χ2n) is 14.3. The van der Waals surface area contributed by atoms with E-state index in [0.29, 0.717) is 68.9 Å². The van der Waals surface area contributed by atoms with E-state index in [1.807, 2.05) is 52.1 Å². The highest BCUT2D eigenvalue weighted by atomic mass is 19.1. The second kappa shape index (κ2) is 17.8. The van der Waals surface area contributed by atoms with Gasteiger partial charge in [-0.1, -0.05) is 26.0 Å². The predicted molar refractivity (Wildman–Crippen MR) is 192 cm³/mol. The Morgan fingerprint density at radius 1 is 1.02 bits per heavy atom. The van der Waals surface area contributed by atoms with Gasteiger partial charge in [-0.15, -0.1) is 0 Å². The number of halogens is 1. The van der Waals surface area contributed by atoms with Crippen LogP contribution in [-0.4, -0.2) is 125 Å². The van der Waals surface area contributed by atoms with Crippen LogP contribution in [0.1, 0.15) is 52.0 Å². The van der Waals surface area contributed by atoms with Crippen molar-refractivity contribution >= 4 is 29.7 Å². The molecule has 4 heterocycles. The molecule has 0 spiro atoms. The lowest BCUT2D eigenvalue weighted by Gasteiger charge is -2.36. The lowest BCUT2D eigenvalue weighted by Crippen LogP contribution is -2.49. The van der Waals surface area contributed by atoms with Gasteiger partial charge in [0.25, 0.3) is 0 Å². The van der Waals surface area contributed by atoms with Gasteiger partial charge in [0.05, 0.1) is 12.5 Å². The van der Waals surface area contributed by atoms with Gasteiger partial charge >= 0.3 is 12.1 Å². The van der Waals surface area contributed by atoms with E-state index in [1.54, 1.807) is 32.9 Å². The number of cyclic esters (lactones) is 1. The van der Waals surface area contributed by atoms with Crippen LogP contribution in [-0.2, 0) is 25.6 Å². The minimum atomic E-state index is -0.895. The third-order valence-corrected chi connectivity index (χ3v) is 10.1. The molecule has 3 aliphatic heterocycles. The fraction of sp³-hybridized carbons (Fsp3) is 0.579. The number of piperazine rings is 1. The summed E-state index contributed by atoms with van der Waals surface area (Å²) in [6, 6.07) is 6.61. The van der Waals surface area contributed by atoms with Crippen LogP contribution in [0.4, 0.5) is 14.9 Å². The number of aliphatic hydroxyl groups is 1. The van der Waals surface area contributed by atoms with Gasteiger partial charge in [-0.3, -0.25) is 14.3 Å². The summed E-state index contributed by atoms with van der Waals surface area (Å²) in [4.78, 5) is 46.8. The molecule has 2 saturated heterocycles. The standard InChI is InChI=1S/C38H53FN6O6/c1-27-7-9-33(46)25-36(48)51-37(28(2)8-10-34(27)50-38(49)44-13-6-12-41(4)15-16-44)29(3)21-30-22-31(39)24-32(23-30)42-17-19-43(20-18-42)35(47)26-45-14-5-11-40-45/h5,8,10-11,14,21-24,27-28,33-34,37,46H,6-7,9,12-13,15-20,25-26H2,1-4H3/b10-8+,29-21+/t27-,28-,33+,34-,37-/m0/s1. The van der Waals surface area contributed by atoms with Crippen LogP contribution in [0.5, 0.6) is 0 Å². The van der Waals surface area contributed by atoms with Gasteiger partial charge in [-0.2, -0.15) is 5.10 Å². The molecule has 0 saturated carbocycles. The number of hydrogen-bond acceptors (Lipinski definition) is 9. The van der Waals surface area contributed by atoms with E-state index in [1.165, 1.54) is 12.1 Å². The van der Waals surface area contributed by atoms with Crippen LogP contribution in [0.2, 0.25) is 0 Å². The quantitative estimate of drug-likeness (QED) is 0.348. The molecule has 12 nitrogen and oxygen atoms in total. The Kier molecular flexibility index (Phi) is 13.3. The molecule has 2 fully saturated rings. The van der Waals surface area contributed by atoms with Crippen molar-refractivity contribution in [2.45, 2.75) is 71.3 Å². The van der Waals surface area contributed by atoms with Crippen LogP contribution in [0.25, 0.3) is 6.08 Å². The second-order valence-corrected chi connectivity index (χ2v) is 14.3. The summed E-state index contributed by atoms with van der Waals surface area (Å²) in [5, 5.41) is 14.8. The van der Waals surface area contributed by atoms with Crippen molar-refractivity contribution in [3.63, 3.8) is 0 Å². The van der Waals surface area contributed by atoms with Crippen LogP contribution in [0, 0.1) is 17.7 Å². The number of likely N-dealkylation sites (N-methyl/N-ethyl adjacent to an activating group) is 1. The first-order chi connectivity index (χ1) is 24.4. The van der Waals surface area contributed by atoms with Crippen LogP contribution >= 0.6 is 0 Å². The van der Waals surface area contributed by atoms with Crippen molar-refractivity contribution in [3.05, 3.63) is 65.8 Å². The Hall–Kier alpha value is -4.23. The number of anilines is 1. The zero-order valence-electron chi connectivity index (χ0n) is 30.3. The molecule has 5 atom stereocenters. The lowest BCUT2D eigenvalue weighted by atomic mass is 9.91. The number of amides is 2. The summed E-state index contributed by atoms with van der Waals surface area (Å²) < 4.78 is 28.7. The third-order valence-electron chi connectivity index (χ3n) is 10.1. The van der Waals surface area contributed by atoms with Crippen molar-refractivity contribution in [3.8, 4) is 0 Å². The maximum Gasteiger partial charge on any atom is 0.410 e.